The smallest absolute Gasteiger partial charge is 0.261 e. The molecule has 1 aromatic heterocycles. The Morgan fingerprint density at radius 3 is 2.12 bits per heavy atom. The molecule has 170 valence electrons. The molecule has 3 heterocycles. The minimum atomic E-state index is -3.56. The second-order valence-corrected chi connectivity index (χ2v) is 11.3. The lowest BCUT2D eigenvalue weighted by molar-refractivity contribution is -0.132. The molecule has 0 saturated carbocycles. The number of benzene rings is 1. The quantitative estimate of drug-likeness (QED) is 0.598. The highest BCUT2D eigenvalue weighted by atomic mass is 32.2. The van der Waals surface area contributed by atoms with Gasteiger partial charge in [0, 0.05) is 48.9 Å². The van der Waals surface area contributed by atoms with Gasteiger partial charge in [0.1, 0.15) is 0 Å². The van der Waals surface area contributed by atoms with Crippen LogP contribution in [0.3, 0.4) is 0 Å². The second-order valence-electron chi connectivity index (χ2n) is 7.97. The minimum absolute atomic E-state index is 0.0961. The number of hydrogen-bond acceptors (Lipinski definition) is 6. The molecule has 2 aromatic rings. The van der Waals surface area contributed by atoms with E-state index in [-0.39, 0.29) is 43.8 Å². The van der Waals surface area contributed by atoms with E-state index in [2.05, 4.69) is 0 Å². The van der Waals surface area contributed by atoms with Crippen LogP contribution in [0, 0.1) is 13.8 Å². The van der Waals surface area contributed by atoms with Crippen LogP contribution in [-0.4, -0.2) is 73.0 Å². The van der Waals surface area contributed by atoms with Gasteiger partial charge in [-0.2, -0.15) is 4.31 Å². The van der Waals surface area contributed by atoms with Crippen LogP contribution in [0.4, 0.5) is 0 Å². The molecule has 8 nitrogen and oxygen atoms in total. The van der Waals surface area contributed by atoms with Crippen molar-refractivity contribution in [1.29, 1.82) is 0 Å². The van der Waals surface area contributed by atoms with Crippen LogP contribution >= 0.6 is 11.3 Å². The number of rotatable bonds is 6. The predicted molar refractivity (Wildman–Crippen MR) is 120 cm³/mol. The van der Waals surface area contributed by atoms with Gasteiger partial charge < -0.3 is 4.90 Å². The van der Waals surface area contributed by atoms with Crippen molar-refractivity contribution in [2.45, 2.75) is 31.6 Å². The zero-order chi connectivity index (χ0) is 23.0. The first-order chi connectivity index (χ1) is 15.2. The highest BCUT2D eigenvalue weighted by Gasteiger charge is 2.35. The molecule has 0 N–H and O–H groups in total. The zero-order valence-corrected chi connectivity index (χ0v) is 19.7. The van der Waals surface area contributed by atoms with Gasteiger partial charge in [0.2, 0.25) is 15.9 Å². The maximum atomic E-state index is 12.9. The van der Waals surface area contributed by atoms with Crippen molar-refractivity contribution in [3.05, 3.63) is 51.2 Å². The summed E-state index contributed by atoms with van der Waals surface area (Å²) in [6.45, 7) is 5.03. The molecule has 0 spiro atoms. The standard InChI is InChI=1S/C22H25N3O5S2/c1-15-14-19(16(2)31-15)32(29,30)24-12-10-23(11-13-24)20(26)8-5-9-25-21(27)17-6-3-4-7-18(17)22(25)28/h3-4,6-7,14H,5,8-13H2,1-2H3. The molecule has 2 aliphatic rings. The highest BCUT2D eigenvalue weighted by molar-refractivity contribution is 7.89. The maximum Gasteiger partial charge on any atom is 0.261 e. The van der Waals surface area contributed by atoms with Crippen molar-refractivity contribution in [2.24, 2.45) is 0 Å². The molecular formula is C22H25N3O5S2. The normalized spacial score (nSPS) is 17.2. The Hall–Kier alpha value is -2.56. The van der Waals surface area contributed by atoms with Crippen molar-refractivity contribution in [2.75, 3.05) is 32.7 Å². The number of amides is 3. The van der Waals surface area contributed by atoms with Crippen LogP contribution in [0.1, 0.15) is 43.3 Å². The summed E-state index contributed by atoms with van der Waals surface area (Å²) >= 11 is 1.46. The Labute approximate surface area is 191 Å². The van der Waals surface area contributed by atoms with Crippen molar-refractivity contribution in [3.8, 4) is 0 Å². The van der Waals surface area contributed by atoms with E-state index in [1.54, 1.807) is 42.2 Å². The number of aryl methyl sites for hydroxylation is 2. The highest BCUT2D eigenvalue weighted by Crippen LogP contribution is 2.28. The number of imide groups is 1. The molecule has 0 unspecified atom stereocenters. The molecule has 2 aliphatic heterocycles. The lowest BCUT2D eigenvalue weighted by Crippen LogP contribution is -2.50. The molecule has 0 atom stereocenters. The van der Waals surface area contributed by atoms with Gasteiger partial charge in [0.25, 0.3) is 11.8 Å². The van der Waals surface area contributed by atoms with Gasteiger partial charge in [-0.3, -0.25) is 19.3 Å². The first-order valence-corrected chi connectivity index (χ1v) is 12.8. The number of carbonyl (C=O) groups excluding carboxylic acids is 3. The van der Waals surface area contributed by atoms with E-state index in [9.17, 15) is 22.8 Å². The van der Waals surface area contributed by atoms with Crippen LogP contribution in [0.5, 0.6) is 0 Å². The van der Waals surface area contributed by atoms with Crippen molar-refractivity contribution in [3.63, 3.8) is 0 Å². The molecule has 3 amide bonds. The SMILES string of the molecule is Cc1cc(S(=O)(=O)N2CCN(C(=O)CCCN3C(=O)c4ccccc4C3=O)CC2)c(C)s1. The van der Waals surface area contributed by atoms with E-state index in [0.29, 0.717) is 35.5 Å². The molecule has 32 heavy (non-hydrogen) atoms. The van der Waals surface area contributed by atoms with Crippen LogP contribution in [0.25, 0.3) is 0 Å². The van der Waals surface area contributed by atoms with Crippen molar-refractivity contribution >= 4 is 39.1 Å². The van der Waals surface area contributed by atoms with E-state index in [1.807, 2.05) is 6.92 Å². The lowest BCUT2D eigenvalue weighted by Gasteiger charge is -2.34. The number of piperazine rings is 1. The van der Waals surface area contributed by atoms with Crippen LogP contribution in [0.2, 0.25) is 0 Å². The van der Waals surface area contributed by atoms with E-state index in [4.69, 9.17) is 0 Å². The fraction of sp³-hybridized carbons (Fsp3) is 0.409. The number of thiophene rings is 1. The molecule has 0 aliphatic carbocycles. The summed E-state index contributed by atoms with van der Waals surface area (Å²) in [6, 6.07) is 8.40. The number of hydrogen-bond donors (Lipinski definition) is 0. The zero-order valence-electron chi connectivity index (χ0n) is 18.0. The summed E-state index contributed by atoms with van der Waals surface area (Å²) in [4.78, 5) is 42.3. The molecule has 1 aromatic carbocycles. The third-order valence-electron chi connectivity index (χ3n) is 5.86. The average Bonchev–Trinajstić information content (AvgIpc) is 3.25. The summed E-state index contributed by atoms with van der Waals surface area (Å²) in [6.07, 6.45) is 0.569. The minimum Gasteiger partial charge on any atom is -0.340 e. The Morgan fingerprint density at radius 1 is 1.00 bits per heavy atom. The Kier molecular flexibility index (Phi) is 6.19. The Bertz CT molecular complexity index is 1140. The molecule has 1 fully saturated rings. The first kappa shape index (κ1) is 22.6. The largest absolute Gasteiger partial charge is 0.340 e. The Morgan fingerprint density at radius 2 is 1.59 bits per heavy atom. The van der Waals surface area contributed by atoms with E-state index < -0.39 is 10.0 Å². The maximum absolute atomic E-state index is 12.9. The molecule has 1 saturated heterocycles. The number of sulfonamides is 1. The fourth-order valence-corrected chi connectivity index (χ4v) is 7.12. The molecule has 4 rings (SSSR count). The lowest BCUT2D eigenvalue weighted by atomic mass is 10.1. The molecule has 0 radical (unpaired) electrons. The van der Waals surface area contributed by atoms with Gasteiger partial charge >= 0.3 is 0 Å². The third-order valence-corrected chi connectivity index (χ3v) is 8.98. The summed E-state index contributed by atoms with van der Waals surface area (Å²) < 4.78 is 27.3. The monoisotopic (exact) mass is 475 g/mol. The number of nitrogens with zero attached hydrogens (tertiary/aromatic N) is 3. The van der Waals surface area contributed by atoms with Crippen molar-refractivity contribution < 1.29 is 22.8 Å². The van der Waals surface area contributed by atoms with Crippen LogP contribution in [0.15, 0.2) is 35.2 Å². The number of carbonyl (C=O) groups is 3. The van der Waals surface area contributed by atoms with Gasteiger partial charge in [-0.25, -0.2) is 8.42 Å². The van der Waals surface area contributed by atoms with Crippen molar-refractivity contribution in [1.82, 2.24) is 14.1 Å². The van der Waals surface area contributed by atoms with Gasteiger partial charge in [-0.15, -0.1) is 11.3 Å². The second kappa shape index (κ2) is 8.76. The molecule has 0 bridgehead atoms. The molecular weight excluding hydrogens is 450 g/mol. The van der Waals surface area contributed by atoms with E-state index in [1.165, 1.54) is 20.5 Å². The van der Waals surface area contributed by atoms with Gasteiger partial charge in [-0.05, 0) is 38.5 Å². The average molecular weight is 476 g/mol. The van der Waals surface area contributed by atoms with E-state index in [0.717, 1.165) is 9.75 Å². The molecule has 10 heteroatoms. The Balaban J connectivity index is 1.28. The van der Waals surface area contributed by atoms with E-state index >= 15 is 0 Å². The summed E-state index contributed by atoms with van der Waals surface area (Å²) in [5, 5.41) is 0. The van der Waals surface area contributed by atoms with Gasteiger partial charge in [-0.1, -0.05) is 12.1 Å². The predicted octanol–water partition coefficient (Wildman–Crippen LogP) is 2.27. The number of fused-ring (bicyclic) bond motifs is 1. The topological polar surface area (TPSA) is 95.1 Å². The third kappa shape index (κ3) is 4.10. The summed E-state index contributed by atoms with van der Waals surface area (Å²) in [5.41, 5.74) is 0.800. The van der Waals surface area contributed by atoms with Crippen LogP contribution < -0.4 is 0 Å². The first-order valence-electron chi connectivity index (χ1n) is 10.5. The summed E-state index contributed by atoms with van der Waals surface area (Å²) in [5.74, 6) is -0.743. The van der Waals surface area contributed by atoms with Crippen LogP contribution in [-0.2, 0) is 14.8 Å². The fourth-order valence-electron chi connectivity index (χ4n) is 4.17. The van der Waals surface area contributed by atoms with Gasteiger partial charge in [0.05, 0.1) is 16.0 Å². The van der Waals surface area contributed by atoms with Gasteiger partial charge in [0.15, 0.2) is 0 Å². The summed E-state index contributed by atoms with van der Waals surface area (Å²) in [7, 11) is -3.56.